The van der Waals surface area contributed by atoms with E-state index in [9.17, 15) is 9.59 Å². The first-order chi connectivity index (χ1) is 18.0. The van der Waals surface area contributed by atoms with Crippen molar-refractivity contribution in [1.82, 2.24) is 20.2 Å². The van der Waals surface area contributed by atoms with Gasteiger partial charge in [-0.05, 0) is 41.5 Å². The molecule has 8 nitrogen and oxygen atoms in total. The monoisotopic (exact) mass is 494 g/mol. The van der Waals surface area contributed by atoms with Gasteiger partial charge in [0.2, 0.25) is 0 Å². The third-order valence-electron chi connectivity index (χ3n) is 6.57. The van der Waals surface area contributed by atoms with E-state index in [1.54, 1.807) is 30.3 Å². The second kappa shape index (κ2) is 10.2. The molecular formula is C29H26N4O4. The molecule has 0 aliphatic carbocycles. The van der Waals surface area contributed by atoms with Gasteiger partial charge in [-0.1, -0.05) is 55.3 Å². The number of amides is 3. The number of carbonyl (C=O) groups is 2. The first-order valence-corrected chi connectivity index (χ1v) is 12.0. The Hall–Kier alpha value is -4.61. The fourth-order valence-electron chi connectivity index (χ4n) is 4.68. The maximum atomic E-state index is 13.7. The van der Waals surface area contributed by atoms with Gasteiger partial charge >= 0.3 is 6.03 Å². The minimum atomic E-state index is -0.845. The van der Waals surface area contributed by atoms with E-state index in [4.69, 9.17) is 21.3 Å². The SMILES string of the molecule is C#Cc1ccc2nc(C([C@@H](C)c3ccccc3)N3C(=O)N[C@H](c4ccc(OCCO)cc4)C3=O)[nH]c2c1. The Bertz CT molecular complexity index is 1470. The van der Waals surface area contributed by atoms with Gasteiger partial charge in [-0.25, -0.2) is 9.78 Å². The van der Waals surface area contributed by atoms with Gasteiger partial charge in [-0.2, -0.15) is 0 Å². The summed E-state index contributed by atoms with van der Waals surface area (Å²) in [7, 11) is 0. The maximum absolute atomic E-state index is 13.7. The molecule has 3 N–H and O–H groups in total. The van der Waals surface area contributed by atoms with Crippen LogP contribution in [0.2, 0.25) is 0 Å². The summed E-state index contributed by atoms with van der Waals surface area (Å²) < 4.78 is 5.41. The van der Waals surface area contributed by atoms with Crippen LogP contribution in [-0.4, -0.2) is 45.1 Å². The quantitative estimate of drug-likeness (QED) is 0.253. The summed E-state index contributed by atoms with van der Waals surface area (Å²) in [5.41, 5.74) is 3.73. The standard InChI is InChI=1S/C29H26N4O4/c1-3-19-9-14-23-24(17-19)31-27(30-23)26(18(2)20-7-5-4-6-8-20)33-28(35)25(32-29(33)36)21-10-12-22(13-11-21)37-16-15-34/h1,4-14,17-18,25-26,34H,15-16H2,2H3,(H,30,31)(H,32,36)/t18-,25+,26?/m0/s1. The minimum absolute atomic E-state index is 0.0965. The molecule has 3 aromatic carbocycles. The number of nitrogens with zero attached hydrogens (tertiary/aromatic N) is 2. The fourth-order valence-corrected chi connectivity index (χ4v) is 4.68. The van der Waals surface area contributed by atoms with Crippen molar-refractivity contribution in [1.29, 1.82) is 0 Å². The van der Waals surface area contributed by atoms with Crippen molar-refractivity contribution >= 4 is 23.0 Å². The van der Waals surface area contributed by atoms with Crippen LogP contribution in [0.15, 0.2) is 72.8 Å². The molecule has 5 rings (SSSR count). The number of urea groups is 1. The molecule has 1 aliphatic heterocycles. The number of rotatable bonds is 8. The first-order valence-electron chi connectivity index (χ1n) is 12.0. The van der Waals surface area contributed by atoms with Gasteiger partial charge in [0.1, 0.15) is 30.3 Å². The Morgan fingerprint density at radius 1 is 1.11 bits per heavy atom. The fraction of sp³-hybridized carbons (Fsp3) is 0.207. The van der Waals surface area contributed by atoms with Crippen molar-refractivity contribution in [2.75, 3.05) is 13.2 Å². The van der Waals surface area contributed by atoms with E-state index in [0.29, 0.717) is 28.2 Å². The van der Waals surface area contributed by atoms with E-state index in [2.05, 4.69) is 16.2 Å². The highest BCUT2D eigenvalue weighted by molar-refractivity contribution is 6.05. The van der Waals surface area contributed by atoms with E-state index in [-0.39, 0.29) is 25.0 Å². The lowest BCUT2D eigenvalue weighted by atomic mass is 9.91. The summed E-state index contributed by atoms with van der Waals surface area (Å²) in [4.78, 5) is 36.4. The number of fused-ring (bicyclic) bond motifs is 1. The zero-order chi connectivity index (χ0) is 25.9. The molecule has 0 bridgehead atoms. The molecule has 1 saturated heterocycles. The molecule has 37 heavy (non-hydrogen) atoms. The molecule has 3 amide bonds. The number of carbonyl (C=O) groups excluding carboxylic acids is 2. The summed E-state index contributed by atoms with van der Waals surface area (Å²) in [6.45, 7) is 2.05. The number of aromatic nitrogens is 2. The predicted molar refractivity (Wildman–Crippen MR) is 139 cm³/mol. The Balaban J connectivity index is 1.52. The molecule has 2 heterocycles. The molecule has 1 aliphatic rings. The van der Waals surface area contributed by atoms with Crippen LogP contribution in [0, 0.1) is 12.3 Å². The smallest absolute Gasteiger partial charge is 0.325 e. The van der Waals surface area contributed by atoms with Crippen molar-refractivity contribution in [2.45, 2.75) is 24.9 Å². The van der Waals surface area contributed by atoms with Crippen LogP contribution in [0.25, 0.3) is 11.0 Å². The average molecular weight is 495 g/mol. The molecule has 3 atom stereocenters. The lowest BCUT2D eigenvalue weighted by Crippen LogP contribution is -2.38. The Kier molecular flexibility index (Phi) is 6.62. The number of aromatic amines is 1. The van der Waals surface area contributed by atoms with E-state index in [0.717, 1.165) is 11.1 Å². The van der Waals surface area contributed by atoms with Crippen LogP contribution < -0.4 is 10.1 Å². The van der Waals surface area contributed by atoms with Crippen LogP contribution in [0.3, 0.4) is 0 Å². The van der Waals surface area contributed by atoms with Crippen molar-refractivity contribution < 1.29 is 19.4 Å². The van der Waals surface area contributed by atoms with Crippen LogP contribution in [-0.2, 0) is 4.79 Å². The van der Waals surface area contributed by atoms with Gasteiger partial charge in [0.15, 0.2) is 0 Å². The number of hydrogen-bond acceptors (Lipinski definition) is 5. The van der Waals surface area contributed by atoms with Crippen molar-refractivity contribution in [3.8, 4) is 18.1 Å². The number of ether oxygens (including phenoxy) is 1. The second-order valence-corrected chi connectivity index (χ2v) is 8.87. The molecule has 0 spiro atoms. The highest BCUT2D eigenvalue weighted by Crippen LogP contribution is 2.39. The number of nitrogens with one attached hydrogen (secondary N) is 2. The minimum Gasteiger partial charge on any atom is -0.491 e. The van der Waals surface area contributed by atoms with Gasteiger partial charge < -0.3 is 20.1 Å². The summed E-state index contributed by atoms with van der Waals surface area (Å²) in [5, 5.41) is 11.8. The molecule has 4 aromatic rings. The van der Waals surface area contributed by atoms with Gasteiger partial charge in [0.05, 0.1) is 17.6 Å². The van der Waals surface area contributed by atoms with E-state index in [1.807, 2.05) is 49.4 Å². The largest absolute Gasteiger partial charge is 0.491 e. The molecule has 186 valence electrons. The lowest BCUT2D eigenvalue weighted by molar-refractivity contribution is -0.129. The average Bonchev–Trinajstić information content (AvgIpc) is 3.48. The zero-order valence-electron chi connectivity index (χ0n) is 20.2. The highest BCUT2D eigenvalue weighted by atomic mass is 16.5. The van der Waals surface area contributed by atoms with Gasteiger partial charge in [-0.3, -0.25) is 9.69 Å². The van der Waals surface area contributed by atoms with Crippen LogP contribution in [0.5, 0.6) is 5.75 Å². The summed E-state index contributed by atoms with van der Waals surface area (Å²) in [6, 6.07) is 20.0. The maximum Gasteiger partial charge on any atom is 0.325 e. The molecular weight excluding hydrogens is 468 g/mol. The number of aliphatic hydroxyl groups is 1. The van der Waals surface area contributed by atoms with Gasteiger partial charge in [0, 0.05) is 11.5 Å². The first kappa shape index (κ1) is 24.1. The Labute approximate surface area is 214 Å². The Morgan fingerprint density at radius 2 is 1.86 bits per heavy atom. The van der Waals surface area contributed by atoms with Crippen molar-refractivity contribution in [3.05, 3.63) is 95.3 Å². The number of imide groups is 1. The van der Waals surface area contributed by atoms with Crippen molar-refractivity contribution in [2.24, 2.45) is 0 Å². The summed E-state index contributed by atoms with van der Waals surface area (Å²) in [5.74, 6) is 3.06. The topological polar surface area (TPSA) is 108 Å². The van der Waals surface area contributed by atoms with E-state index >= 15 is 0 Å². The Morgan fingerprint density at radius 3 is 2.57 bits per heavy atom. The molecule has 1 aromatic heterocycles. The van der Waals surface area contributed by atoms with Crippen LogP contribution in [0.1, 0.15) is 47.4 Å². The van der Waals surface area contributed by atoms with Gasteiger partial charge in [0.25, 0.3) is 5.91 Å². The highest BCUT2D eigenvalue weighted by Gasteiger charge is 2.46. The second-order valence-electron chi connectivity index (χ2n) is 8.87. The number of H-pyrrole nitrogens is 1. The lowest BCUT2D eigenvalue weighted by Gasteiger charge is -2.29. The molecule has 1 fully saturated rings. The summed E-state index contributed by atoms with van der Waals surface area (Å²) >= 11 is 0. The number of hydrogen-bond donors (Lipinski definition) is 3. The van der Waals surface area contributed by atoms with E-state index < -0.39 is 18.1 Å². The third-order valence-corrected chi connectivity index (χ3v) is 6.57. The van der Waals surface area contributed by atoms with Crippen LogP contribution >= 0.6 is 0 Å². The summed E-state index contributed by atoms with van der Waals surface area (Å²) in [6.07, 6.45) is 5.56. The zero-order valence-corrected chi connectivity index (χ0v) is 20.2. The molecule has 0 saturated carbocycles. The van der Waals surface area contributed by atoms with Crippen LogP contribution in [0.4, 0.5) is 4.79 Å². The number of imidazole rings is 1. The van der Waals surface area contributed by atoms with E-state index in [1.165, 1.54) is 4.90 Å². The third kappa shape index (κ3) is 4.65. The van der Waals surface area contributed by atoms with Gasteiger partial charge in [-0.15, -0.1) is 6.42 Å². The normalized spacial score (nSPS) is 16.9. The number of aliphatic hydroxyl groups excluding tert-OH is 1. The molecule has 1 unspecified atom stereocenters. The molecule has 0 radical (unpaired) electrons. The molecule has 8 heteroatoms. The predicted octanol–water partition coefficient (Wildman–Crippen LogP) is 4.05. The number of terminal acetylenes is 1. The van der Waals surface area contributed by atoms with Crippen molar-refractivity contribution in [3.63, 3.8) is 0 Å². The number of benzene rings is 3.